The van der Waals surface area contributed by atoms with Crippen molar-refractivity contribution in [3.05, 3.63) is 45.1 Å². The lowest BCUT2D eigenvalue weighted by atomic mass is 10.2. The van der Waals surface area contributed by atoms with Crippen LogP contribution >= 0.6 is 15.9 Å². The second kappa shape index (κ2) is 8.17. The highest BCUT2D eigenvalue weighted by Crippen LogP contribution is 2.43. The molecule has 168 valence electrons. The fraction of sp³-hybridized carbons (Fsp3) is 0.444. The molecule has 1 amide bonds. The molecule has 1 N–H and O–H groups in total. The van der Waals surface area contributed by atoms with Gasteiger partial charge < -0.3 is 5.32 Å². The fourth-order valence-corrected chi connectivity index (χ4v) is 3.28. The lowest BCUT2D eigenvalue weighted by Gasteiger charge is -2.20. The SMILES string of the molecule is Cc1cc(C(F)(F)C(F)(F)F)n2nc(C(=O)NCCCn3nc(C)c(Br)c3C)cc2n1. The number of nitrogens with one attached hydrogen (secondary N) is 1. The van der Waals surface area contributed by atoms with E-state index in [-0.39, 0.29) is 23.6 Å². The van der Waals surface area contributed by atoms with Crippen molar-refractivity contribution >= 4 is 27.5 Å². The molecule has 0 aliphatic carbocycles. The number of hydrogen-bond acceptors (Lipinski definition) is 4. The monoisotopic (exact) mass is 508 g/mol. The summed E-state index contributed by atoms with van der Waals surface area (Å²) >= 11 is 3.42. The molecule has 0 radical (unpaired) electrons. The highest BCUT2D eigenvalue weighted by molar-refractivity contribution is 9.10. The van der Waals surface area contributed by atoms with Crippen LogP contribution in [0.3, 0.4) is 0 Å². The highest BCUT2D eigenvalue weighted by Gasteiger charge is 2.60. The van der Waals surface area contributed by atoms with Crippen LogP contribution in [0, 0.1) is 20.8 Å². The van der Waals surface area contributed by atoms with Gasteiger partial charge in [-0.25, -0.2) is 9.50 Å². The standard InChI is InChI=1S/C18H18BrF5N6O/c1-9-7-13(17(20,21)18(22,23)24)30-14(26-9)8-12(28-30)16(31)25-5-4-6-29-11(3)15(19)10(2)27-29/h7-8H,4-6H2,1-3H3,(H,25,31). The lowest BCUT2D eigenvalue weighted by Crippen LogP contribution is -2.36. The van der Waals surface area contributed by atoms with Gasteiger partial charge in [-0.1, -0.05) is 0 Å². The van der Waals surface area contributed by atoms with Crippen LogP contribution in [-0.4, -0.2) is 43.0 Å². The predicted molar refractivity (Wildman–Crippen MR) is 104 cm³/mol. The van der Waals surface area contributed by atoms with Crippen LogP contribution in [0.5, 0.6) is 0 Å². The molecular formula is C18H18BrF5N6O. The molecule has 31 heavy (non-hydrogen) atoms. The van der Waals surface area contributed by atoms with Gasteiger partial charge in [-0.3, -0.25) is 9.48 Å². The van der Waals surface area contributed by atoms with Gasteiger partial charge in [-0.05, 0) is 49.2 Å². The van der Waals surface area contributed by atoms with Crippen LogP contribution in [0.25, 0.3) is 5.65 Å². The van der Waals surface area contributed by atoms with E-state index in [0.717, 1.165) is 21.9 Å². The van der Waals surface area contributed by atoms with Crippen molar-refractivity contribution in [2.45, 2.75) is 45.8 Å². The van der Waals surface area contributed by atoms with E-state index in [1.807, 2.05) is 13.8 Å². The Morgan fingerprint density at radius 3 is 2.39 bits per heavy atom. The van der Waals surface area contributed by atoms with E-state index < -0.39 is 23.7 Å². The molecule has 13 heteroatoms. The topological polar surface area (TPSA) is 77.1 Å². The Kier molecular flexibility index (Phi) is 6.09. The normalized spacial score (nSPS) is 12.5. The van der Waals surface area contributed by atoms with Crippen molar-refractivity contribution in [2.75, 3.05) is 6.54 Å². The summed E-state index contributed by atoms with van der Waals surface area (Å²) in [5.74, 6) is -5.87. The highest BCUT2D eigenvalue weighted by atomic mass is 79.9. The molecule has 0 aromatic carbocycles. The third kappa shape index (κ3) is 4.41. The van der Waals surface area contributed by atoms with Gasteiger partial charge in [-0.15, -0.1) is 0 Å². The van der Waals surface area contributed by atoms with Crippen molar-refractivity contribution in [2.24, 2.45) is 0 Å². The molecule has 7 nitrogen and oxygen atoms in total. The van der Waals surface area contributed by atoms with Gasteiger partial charge in [0.2, 0.25) is 0 Å². The second-order valence-electron chi connectivity index (χ2n) is 6.97. The number of nitrogens with zero attached hydrogens (tertiary/aromatic N) is 5. The zero-order valence-corrected chi connectivity index (χ0v) is 18.3. The molecule has 3 heterocycles. The fourth-order valence-electron chi connectivity index (χ4n) is 2.99. The van der Waals surface area contributed by atoms with Gasteiger partial charge in [0.1, 0.15) is 5.69 Å². The number of amides is 1. The minimum atomic E-state index is -5.82. The first-order valence-corrected chi connectivity index (χ1v) is 9.92. The van der Waals surface area contributed by atoms with Crippen LogP contribution < -0.4 is 5.32 Å². The lowest BCUT2D eigenvalue weighted by molar-refractivity contribution is -0.291. The van der Waals surface area contributed by atoms with E-state index in [4.69, 9.17) is 0 Å². The maximum atomic E-state index is 13.9. The van der Waals surface area contributed by atoms with Crippen LogP contribution in [-0.2, 0) is 12.5 Å². The first-order valence-electron chi connectivity index (χ1n) is 9.13. The summed E-state index contributed by atoms with van der Waals surface area (Å²) in [4.78, 5) is 16.2. The van der Waals surface area contributed by atoms with Crippen molar-refractivity contribution in [3.63, 3.8) is 0 Å². The molecule has 0 fully saturated rings. The molecule has 0 saturated carbocycles. The molecule has 0 bridgehead atoms. The molecule has 3 rings (SSSR count). The maximum absolute atomic E-state index is 13.9. The van der Waals surface area contributed by atoms with Gasteiger partial charge in [0.15, 0.2) is 11.3 Å². The van der Waals surface area contributed by atoms with Crippen LogP contribution in [0.4, 0.5) is 22.0 Å². The summed E-state index contributed by atoms with van der Waals surface area (Å²) in [7, 11) is 0. The smallest absolute Gasteiger partial charge is 0.351 e. The number of aromatic nitrogens is 5. The average molecular weight is 509 g/mol. The number of hydrogen-bond donors (Lipinski definition) is 1. The molecule has 3 aromatic rings. The van der Waals surface area contributed by atoms with Gasteiger partial charge in [0.25, 0.3) is 5.91 Å². The number of halogens is 6. The number of carbonyl (C=O) groups excluding carboxylic acids is 1. The second-order valence-corrected chi connectivity index (χ2v) is 7.76. The molecule has 0 unspecified atom stereocenters. The Morgan fingerprint density at radius 2 is 1.81 bits per heavy atom. The zero-order chi connectivity index (χ0) is 23.1. The number of alkyl halides is 5. The van der Waals surface area contributed by atoms with E-state index in [9.17, 15) is 26.7 Å². The Bertz CT molecular complexity index is 1140. The Hall–Kier alpha value is -2.57. The van der Waals surface area contributed by atoms with Crippen LogP contribution in [0.15, 0.2) is 16.6 Å². The number of aryl methyl sites for hydroxylation is 3. The van der Waals surface area contributed by atoms with Gasteiger partial charge in [0, 0.05) is 30.5 Å². The molecular weight excluding hydrogens is 491 g/mol. The number of fused-ring (bicyclic) bond motifs is 1. The quantitative estimate of drug-likeness (QED) is 0.402. The molecule has 3 aromatic heterocycles. The van der Waals surface area contributed by atoms with E-state index in [1.165, 1.54) is 6.92 Å². The van der Waals surface area contributed by atoms with Crippen molar-refractivity contribution in [1.82, 2.24) is 29.7 Å². The van der Waals surface area contributed by atoms with Crippen LogP contribution in [0.1, 0.15) is 39.7 Å². The Balaban J connectivity index is 1.75. The summed E-state index contributed by atoms with van der Waals surface area (Å²) in [6.45, 7) is 5.76. The minimum Gasteiger partial charge on any atom is -0.351 e. The molecule has 0 saturated heterocycles. The van der Waals surface area contributed by atoms with E-state index in [0.29, 0.717) is 23.5 Å². The molecule has 0 atom stereocenters. The molecule has 0 aliphatic heterocycles. The van der Waals surface area contributed by atoms with Gasteiger partial charge in [-0.2, -0.15) is 32.1 Å². The summed E-state index contributed by atoms with van der Waals surface area (Å²) in [5, 5.41) is 10.6. The predicted octanol–water partition coefficient (Wildman–Crippen LogP) is 4.09. The van der Waals surface area contributed by atoms with Crippen molar-refractivity contribution < 1.29 is 26.7 Å². The third-order valence-electron chi connectivity index (χ3n) is 4.59. The first kappa shape index (κ1) is 23.1. The molecule has 0 spiro atoms. The maximum Gasteiger partial charge on any atom is 0.459 e. The summed E-state index contributed by atoms with van der Waals surface area (Å²) in [5.41, 5.74) is -0.294. The third-order valence-corrected chi connectivity index (χ3v) is 5.74. The Labute approximate surface area is 181 Å². The van der Waals surface area contributed by atoms with Crippen molar-refractivity contribution in [1.29, 1.82) is 0 Å². The van der Waals surface area contributed by atoms with E-state index in [2.05, 4.69) is 36.4 Å². The van der Waals surface area contributed by atoms with Gasteiger partial charge >= 0.3 is 12.1 Å². The molecule has 0 aliphatic rings. The van der Waals surface area contributed by atoms with Crippen molar-refractivity contribution in [3.8, 4) is 0 Å². The van der Waals surface area contributed by atoms with Gasteiger partial charge in [0.05, 0.1) is 10.2 Å². The number of rotatable bonds is 6. The van der Waals surface area contributed by atoms with Crippen LogP contribution in [0.2, 0.25) is 0 Å². The summed E-state index contributed by atoms with van der Waals surface area (Å²) < 4.78 is 69.4. The minimum absolute atomic E-state index is 0.0608. The zero-order valence-electron chi connectivity index (χ0n) is 16.7. The average Bonchev–Trinajstić information content (AvgIpc) is 3.20. The largest absolute Gasteiger partial charge is 0.459 e. The summed E-state index contributed by atoms with van der Waals surface area (Å²) in [6, 6.07) is 1.66. The van der Waals surface area contributed by atoms with E-state index >= 15 is 0 Å². The van der Waals surface area contributed by atoms with E-state index in [1.54, 1.807) is 4.68 Å². The summed E-state index contributed by atoms with van der Waals surface area (Å²) in [6.07, 6.45) is -5.30. The Morgan fingerprint density at radius 1 is 1.13 bits per heavy atom. The number of carbonyl (C=O) groups is 1. The first-order chi connectivity index (χ1) is 14.3.